The van der Waals surface area contributed by atoms with Crippen LogP contribution in [0.1, 0.15) is 24.4 Å². The highest BCUT2D eigenvalue weighted by Crippen LogP contribution is 2.23. The number of carbonyl (C=O) groups is 2. The first-order valence-corrected chi connectivity index (χ1v) is 9.77. The van der Waals surface area contributed by atoms with Crippen molar-refractivity contribution in [2.75, 3.05) is 50.7 Å². The van der Waals surface area contributed by atoms with Gasteiger partial charge in [-0.3, -0.25) is 9.59 Å². The van der Waals surface area contributed by atoms with Crippen LogP contribution in [-0.2, 0) is 9.59 Å². The number of nitrogens with one attached hydrogen (secondary N) is 4. The number of carbonyl (C=O) groups excluding carboxylic acids is 2. The summed E-state index contributed by atoms with van der Waals surface area (Å²) in [7, 11) is 0. The van der Waals surface area contributed by atoms with Gasteiger partial charge in [0.15, 0.2) is 0 Å². The van der Waals surface area contributed by atoms with E-state index >= 15 is 0 Å². The van der Waals surface area contributed by atoms with Crippen LogP contribution in [0.3, 0.4) is 0 Å². The molecule has 2 amide bonds. The van der Waals surface area contributed by atoms with Gasteiger partial charge in [-0.05, 0) is 50.2 Å². The molecule has 1 atom stereocenters. The molecule has 0 aromatic heterocycles. The Morgan fingerprint density at radius 3 is 2.00 bits per heavy atom. The first-order chi connectivity index (χ1) is 13.3. The maximum absolute atomic E-state index is 11.8. The minimum Gasteiger partial charge on any atom is -0.315 e. The summed E-state index contributed by atoms with van der Waals surface area (Å²) in [6.07, 6.45) is 4.72. The van der Waals surface area contributed by atoms with Crippen molar-refractivity contribution in [1.82, 2.24) is 21.3 Å². The molecule has 1 aromatic carbocycles. The van der Waals surface area contributed by atoms with Crippen molar-refractivity contribution in [2.24, 2.45) is 0 Å². The average Bonchev–Trinajstić information content (AvgIpc) is 3.02. The van der Waals surface area contributed by atoms with Crippen molar-refractivity contribution in [3.63, 3.8) is 0 Å². The fraction of sp³-hybridized carbons (Fsp3) is 0.500. The number of anilines is 1. The molecule has 1 saturated heterocycles. The van der Waals surface area contributed by atoms with E-state index in [1.54, 1.807) is 0 Å². The first kappa shape index (κ1) is 19.7. The topological polar surface area (TPSA) is 85.5 Å². The van der Waals surface area contributed by atoms with Gasteiger partial charge in [0.1, 0.15) is 0 Å². The third kappa shape index (κ3) is 5.71. The van der Waals surface area contributed by atoms with Crippen molar-refractivity contribution < 1.29 is 9.59 Å². The number of hydrogen-bond acceptors (Lipinski definition) is 6. The first-order valence-electron chi connectivity index (χ1n) is 9.77. The van der Waals surface area contributed by atoms with E-state index < -0.39 is 0 Å². The molecule has 7 nitrogen and oxygen atoms in total. The highest BCUT2D eigenvalue weighted by atomic mass is 16.2. The van der Waals surface area contributed by atoms with Gasteiger partial charge in [-0.2, -0.15) is 0 Å². The molecule has 146 valence electrons. The van der Waals surface area contributed by atoms with Crippen molar-refractivity contribution in [1.29, 1.82) is 0 Å². The van der Waals surface area contributed by atoms with Crippen molar-refractivity contribution in [3.8, 4) is 0 Å². The molecule has 0 aliphatic carbocycles. The zero-order valence-corrected chi connectivity index (χ0v) is 15.7. The normalized spacial score (nSPS) is 23.4. The molecule has 0 saturated carbocycles. The Labute approximate surface area is 160 Å². The molecule has 4 N–H and O–H groups in total. The zero-order valence-electron chi connectivity index (χ0n) is 15.7. The van der Waals surface area contributed by atoms with Crippen LogP contribution in [0.2, 0.25) is 0 Å². The molecule has 1 fully saturated rings. The van der Waals surface area contributed by atoms with Gasteiger partial charge in [0.2, 0.25) is 0 Å². The van der Waals surface area contributed by atoms with E-state index in [-0.39, 0.29) is 17.9 Å². The minimum absolute atomic E-state index is 0.229. The van der Waals surface area contributed by atoms with Crippen LogP contribution in [0, 0.1) is 0 Å². The van der Waals surface area contributed by atoms with Gasteiger partial charge in [0.25, 0.3) is 11.8 Å². The Balaban J connectivity index is 1.62. The molecule has 7 heteroatoms. The Hall–Kier alpha value is -2.06. The Kier molecular flexibility index (Phi) is 7.53. The monoisotopic (exact) mass is 371 g/mol. The van der Waals surface area contributed by atoms with E-state index in [0.717, 1.165) is 64.2 Å². The summed E-state index contributed by atoms with van der Waals surface area (Å²) in [5, 5.41) is 14.0. The van der Waals surface area contributed by atoms with Gasteiger partial charge in [0, 0.05) is 44.4 Å². The minimum atomic E-state index is -0.284. The van der Waals surface area contributed by atoms with E-state index in [4.69, 9.17) is 0 Å². The molecule has 27 heavy (non-hydrogen) atoms. The van der Waals surface area contributed by atoms with Gasteiger partial charge in [-0.25, -0.2) is 4.90 Å². The average molecular weight is 371 g/mol. The number of nitrogens with zero attached hydrogens (tertiary/aromatic N) is 1. The van der Waals surface area contributed by atoms with Gasteiger partial charge < -0.3 is 21.3 Å². The fourth-order valence-corrected chi connectivity index (χ4v) is 3.37. The lowest BCUT2D eigenvalue weighted by Crippen LogP contribution is -2.36. The number of benzene rings is 1. The Morgan fingerprint density at radius 2 is 1.33 bits per heavy atom. The van der Waals surface area contributed by atoms with Crippen LogP contribution in [0.5, 0.6) is 0 Å². The standard InChI is InChI=1S/C20H29N5O2/c26-19-6-7-20(27)25(19)17-4-2-16(3-5-17)18-8-11-23-13-12-21-9-1-10-22-14-15-24-18/h2-7,18,21-24H,1,8-15H2. The predicted molar refractivity (Wildman–Crippen MR) is 107 cm³/mol. The van der Waals surface area contributed by atoms with E-state index in [1.807, 2.05) is 24.3 Å². The van der Waals surface area contributed by atoms with Crippen molar-refractivity contribution >= 4 is 17.5 Å². The molecular formula is C20H29N5O2. The number of rotatable bonds is 2. The van der Waals surface area contributed by atoms with E-state index in [0.29, 0.717) is 5.69 Å². The molecule has 1 aromatic rings. The van der Waals surface area contributed by atoms with Crippen LogP contribution < -0.4 is 26.2 Å². The molecule has 0 bridgehead atoms. The second-order valence-corrected chi connectivity index (χ2v) is 6.84. The highest BCUT2D eigenvalue weighted by molar-refractivity contribution is 6.28. The molecule has 2 heterocycles. The lowest BCUT2D eigenvalue weighted by molar-refractivity contribution is -0.119. The largest absolute Gasteiger partial charge is 0.315 e. The summed E-state index contributed by atoms with van der Waals surface area (Å²) in [5.74, 6) is -0.569. The summed E-state index contributed by atoms with van der Waals surface area (Å²) in [5.41, 5.74) is 1.78. The maximum Gasteiger partial charge on any atom is 0.258 e. The highest BCUT2D eigenvalue weighted by Gasteiger charge is 2.25. The molecule has 1 unspecified atom stereocenters. The number of hydrogen-bond donors (Lipinski definition) is 4. The van der Waals surface area contributed by atoms with Crippen molar-refractivity contribution in [2.45, 2.75) is 18.9 Å². The maximum atomic E-state index is 11.8. The van der Waals surface area contributed by atoms with Crippen LogP contribution in [0.4, 0.5) is 5.69 Å². The van der Waals surface area contributed by atoms with Crippen LogP contribution in [0.25, 0.3) is 0 Å². The number of imide groups is 1. The lowest BCUT2D eigenvalue weighted by atomic mass is 10.0. The van der Waals surface area contributed by atoms with Gasteiger partial charge in [-0.1, -0.05) is 12.1 Å². The second kappa shape index (κ2) is 10.3. The fourth-order valence-electron chi connectivity index (χ4n) is 3.37. The summed E-state index contributed by atoms with van der Waals surface area (Å²) in [4.78, 5) is 24.8. The second-order valence-electron chi connectivity index (χ2n) is 6.84. The summed E-state index contributed by atoms with van der Waals surface area (Å²) < 4.78 is 0. The van der Waals surface area contributed by atoms with E-state index in [9.17, 15) is 9.59 Å². The van der Waals surface area contributed by atoms with E-state index in [2.05, 4.69) is 21.3 Å². The molecule has 2 aliphatic heterocycles. The predicted octanol–water partition coefficient (Wildman–Crippen LogP) is 0.309. The van der Waals surface area contributed by atoms with E-state index in [1.165, 1.54) is 17.1 Å². The zero-order chi connectivity index (χ0) is 18.9. The SMILES string of the molecule is O=C1C=CC(=O)N1c1ccc(C2CCNCCNCCCNCCN2)cc1. The summed E-state index contributed by atoms with van der Waals surface area (Å²) in [6.45, 7) is 6.78. The molecular weight excluding hydrogens is 342 g/mol. The third-order valence-electron chi connectivity index (χ3n) is 4.85. The summed E-state index contributed by atoms with van der Waals surface area (Å²) >= 11 is 0. The van der Waals surface area contributed by atoms with Gasteiger partial charge in [-0.15, -0.1) is 0 Å². The van der Waals surface area contributed by atoms with Crippen molar-refractivity contribution in [3.05, 3.63) is 42.0 Å². The van der Waals surface area contributed by atoms with Crippen LogP contribution in [-0.4, -0.2) is 57.6 Å². The molecule has 0 spiro atoms. The third-order valence-corrected chi connectivity index (χ3v) is 4.85. The van der Waals surface area contributed by atoms with Crippen LogP contribution >= 0.6 is 0 Å². The summed E-state index contributed by atoms with van der Waals surface area (Å²) in [6, 6.07) is 7.93. The number of amides is 2. The van der Waals surface area contributed by atoms with Gasteiger partial charge in [0.05, 0.1) is 5.69 Å². The molecule has 2 aliphatic rings. The quantitative estimate of drug-likeness (QED) is 0.560. The molecule has 3 rings (SSSR count). The van der Waals surface area contributed by atoms with Crippen LogP contribution in [0.15, 0.2) is 36.4 Å². The Bertz CT molecular complexity index is 627. The smallest absolute Gasteiger partial charge is 0.258 e. The lowest BCUT2D eigenvalue weighted by Gasteiger charge is -2.22. The Morgan fingerprint density at radius 1 is 0.741 bits per heavy atom. The van der Waals surface area contributed by atoms with Gasteiger partial charge >= 0.3 is 0 Å². The molecule has 0 radical (unpaired) electrons.